The first-order valence-corrected chi connectivity index (χ1v) is 7.79. The summed E-state index contributed by atoms with van der Waals surface area (Å²) in [5.41, 5.74) is -0.155. The molecule has 1 saturated carbocycles. The monoisotopic (exact) mass is 254 g/mol. The van der Waals surface area contributed by atoms with Crippen LogP contribution in [0.5, 0.6) is 0 Å². The molecule has 106 valence electrons. The molecule has 2 nitrogen and oxygen atoms in total. The van der Waals surface area contributed by atoms with Crippen LogP contribution in [0.15, 0.2) is 0 Å². The maximum atomic E-state index is 11.8. The number of rotatable bonds is 9. The summed E-state index contributed by atoms with van der Waals surface area (Å²) in [5.74, 6) is 0.413. The van der Waals surface area contributed by atoms with E-state index in [1.165, 1.54) is 25.7 Å². The predicted molar refractivity (Wildman–Crippen MR) is 75.7 cm³/mol. The second-order valence-electron chi connectivity index (χ2n) is 5.78. The number of carbonyl (C=O) groups excluding carboxylic acids is 1. The van der Waals surface area contributed by atoms with Crippen LogP contribution in [0.25, 0.3) is 0 Å². The van der Waals surface area contributed by atoms with E-state index in [1.807, 2.05) is 0 Å². The smallest absolute Gasteiger partial charge is 0.144 e. The molecule has 2 atom stereocenters. The molecule has 0 aromatic carbocycles. The van der Waals surface area contributed by atoms with Crippen LogP contribution >= 0.6 is 0 Å². The van der Waals surface area contributed by atoms with Crippen molar-refractivity contribution in [3.05, 3.63) is 0 Å². The van der Waals surface area contributed by atoms with Crippen molar-refractivity contribution in [1.82, 2.24) is 0 Å². The lowest BCUT2D eigenvalue weighted by Crippen LogP contribution is -2.55. The SMILES string of the molecule is CCCCCCC(C)OC1CC(=O)C1(CC)CC. The summed E-state index contributed by atoms with van der Waals surface area (Å²) in [6.07, 6.45) is 9.27. The quantitative estimate of drug-likeness (QED) is 0.566. The highest BCUT2D eigenvalue weighted by molar-refractivity contribution is 5.92. The summed E-state index contributed by atoms with van der Waals surface area (Å²) < 4.78 is 6.11. The Hall–Kier alpha value is -0.370. The van der Waals surface area contributed by atoms with Gasteiger partial charge in [-0.1, -0.05) is 46.5 Å². The van der Waals surface area contributed by atoms with E-state index >= 15 is 0 Å². The molecule has 18 heavy (non-hydrogen) atoms. The standard InChI is InChI=1S/C16H30O2/c1-5-8-9-10-11-13(4)18-15-12-14(17)16(15,6-2)7-3/h13,15H,5-12H2,1-4H3. The summed E-state index contributed by atoms with van der Waals surface area (Å²) >= 11 is 0. The van der Waals surface area contributed by atoms with Gasteiger partial charge in [0.2, 0.25) is 0 Å². The fraction of sp³-hybridized carbons (Fsp3) is 0.938. The summed E-state index contributed by atoms with van der Waals surface area (Å²) in [6, 6.07) is 0. The molecule has 0 bridgehead atoms. The minimum absolute atomic E-state index is 0.155. The molecule has 2 heteroatoms. The van der Waals surface area contributed by atoms with E-state index < -0.39 is 0 Å². The summed E-state index contributed by atoms with van der Waals surface area (Å²) in [5, 5.41) is 0. The van der Waals surface area contributed by atoms with E-state index in [0.29, 0.717) is 18.3 Å². The summed E-state index contributed by atoms with van der Waals surface area (Å²) in [4.78, 5) is 11.8. The van der Waals surface area contributed by atoms with Gasteiger partial charge in [0.1, 0.15) is 5.78 Å². The third kappa shape index (κ3) is 3.34. The Kier molecular flexibility index (Phi) is 6.34. The maximum Gasteiger partial charge on any atom is 0.144 e. The van der Waals surface area contributed by atoms with Gasteiger partial charge in [0.15, 0.2) is 0 Å². The van der Waals surface area contributed by atoms with Gasteiger partial charge in [0.25, 0.3) is 0 Å². The summed E-state index contributed by atoms with van der Waals surface area (Å²) in [6.45, 7) is 8.62. The molecular weight excluding hydrogens is 224 g/mol. The normalized spacial score (nSPS) is 23.8. The number of ether oxygens (including phenoxy) is 1. The predicted octanol–water partition coefficient (Wildman–Crippen LogP) is 4.51. The molecule has 2 unspecified atom stereocenters. The van der Waals surface area contributed by atoms with Crippen molar-refractivity contribution in [2.45, 2.75) is 91.3 Å². The van der Waals surface area contributed by atoms with Crippen molar-refractivity contribution in [2.24, 2.45) is 5.41 Å². The Morgan fingerprint density at radius 1 is 1.22 bits per heavy atom. The van der Waals surface area contributed by atoms with Crippen molar-refractivity contribution in [3.63, 3.8) is 0 Å². The molecule has 1 rings (SSSR count). The van der Waals surface area contributed by atoms with Gasteiger partial charge in [0, 0.05) is 6.42 Å². The zero-order chi connectivity index (χ0) is 13.6. The summed E-state index contributed by atoms with van der Waals surface area (Å²) in [7, 11) is 0. The van der Waals surface area contributed by atoms with Crippen molar-refractivity contribution < 1.29 is 9.53 Å². The molecule has 0 N–H and O–H groups in total. The Morgan fingerprint density at radius 3 is 2.39 bits per heavy atom. The lowest BCUT2D eigenvalue weighted by atomic mass is 9.61. The first-order valence-electron chi connectivity index (χ1n) is 7.79. The van der Waals surface area contributed by atoms with E-state index in [2.05, 4.69) is 27.7 Å². The van der Waals surface area contributed by atoms with Gasteiger partial charge in [-0.05, 0) is 26.2 Å². The van der Waals surface area contributed by atoms with Gasteiger partial charge in [0.05, 0.1) is 17.6 Å². The first kappa shape index (κ1) is 15.7. The zero-order valence-electron chi connectivity index (χ0n) is 12.6. The Balaban J connectivity index is 2.32. The van der Waals surface area contributed by atoms with Crippen molar-refractivity contribution >= 4 is 5.78 Å². The molecule has 0 aromatic heterocycles. The molecule has 1 aliphatic rings. The highest BCUT2D eigenvalue weighted by Crippen LogP contribution is 2.46. The van der Waals surface area contributed by atoms with Crippen LogP contribution in [0.2, 0.25) is 0 Å². The topological polar surface area (TPSA) is 26.3 Å². The second-order valence-corrected chi connectivity index (χ2v) is 5.78. The largest absolute Gasteiger partial charge is 0.374 e. The third-order valence-electron chi connectivity index (χ3n) is 4.67. The molecule has 0 heterocycles. The molecule has 1 fully saturated rings. The van der Waals surface area contributed by atoms with Crippen LogP contribution in [-0.4, -0.2) is 18.0 Å². The fourth-order valence-corrected chi connectivity index (χ4v) is 3.10. The van der Waals surface area contributed by atoms with Gasteiger partial charge in [-0.25, -0.2) is 0 Å². The Morgan fingerprint density at radius 2 is 1.89 bits per heavy atom. The third-order valence-corrected chi connectivity index (χ3v) is 4.67. The number of hydrogen-bond donors (Lipinski definition) is 0. The van der Waals surface area contributed by atoms with Crippen LogP contribution < -0.4 is 0 Å². The fourth-order valence-electron chi connectivity index (χ4n) is 3.10. The van der Waals surface area contributed by atoms with E-state index in [0.717, 1.165) is 19.3 Å². The molecule has 1 aliphatic carbocycles. The molecule has 0 aliphatic heterocycles. The first-order chi connectivity index (χ1) is 8.60. The number of hydrogen-bond acceptors (Lipinski definition) is 2. The minimum atomic E-state index is -0.155. The maximum absolute atomic E-state index is 11.8. The number of carbonyl (C=O) groups is 1. The van der Waals surface area contributed by atoms with Gasteiger partial charge in [-0.3, -0.25) is 4.79 Å². The lowest BCUT2D eigenvalue weighted by Gasteiger charge is -2.47. The van der Waals surface area contributed by atoms with Crippen LogP contribution in [0, 0.1) is 5.41 Å². The molecule has 0 aromatic rings. The van der Waals surface area contributed by atoms with Gasteiger partial charge in [-0.15, -0.1) is 0 Å². The minimum Gasteiger partial charge on any atom is -0.374 e. The molecular formula is C16H30O2. The van der Waals surface area contributed by atoms with Gasteiger partial charge < -0.3 is 4.74 Å². The lowest BCUT2D eigenvalue weighted by molar-refractivity contribution is -0.172. The molecule has 0 amide bonds. The Labute approximate surface area is 112 Å². The molecule has 0 spiro atoms. The number of unbranched alkanes of at least 4 members (excludes halogenated alkanes) is 3. The average molecular weight is 254 g/mol. The van der Waals surface area contributed by atoms with E-state index in [9.17, 15) is 4.79 Å². The number of Topliss-reactive ketones (excluding diaryl/α,β-unsaturated/α-hetero) is 1. The second kappa shape index (κ2) is 7.28. The Bertz CT molecular complexity index is 256. The highest BCUT2D eigenvalue weighted by Gasteiger charge is 2.53. The molecule has 0 saturated heterocycles. The molecule has 0 radical (unpaired) electrons. The van der Waals surface area contributed by atoms with Crippen LogP contribution in [0.4, 0.5) is 0 Å². The van der Waals surface area contributed by atoms with E-state index in [1.54, 1.807) is 0 Å². The van der Waals surface area contributed by atoms with Gasteiger partial charge in [-0.2, -0.15) is 0 Å². The van der Waals surface area contributed by atoms with Crippen molar-refractivity contribution in [1.29, 1.82) is 0 Å². The van der Waals surface area contributed by atoms with Gasteiger partial charge >= 0.3 is 0 Å². The zero-order valence-corrected chi connectivity index (χ0v) is 12.6. The van der Waals surface area contributed by atoms with E-state index in [-0.39, 0.29) is 11.5 Å². The van der Waals surface area contributed by atoms with Crippen LogP contribution in [0.1, 0.15) is 79.1 Å². The van der Waals surface area contributed by atoms with Crippen molar-refractivity contribution in [2.75, 3.05) is 0 Å². The van der Waals surface area contributed by atoms with Crippen LogP contribution in [0.3, 0.4) is 0 Å². The number of ketones is 1. The highest BCUT2D eigenvalue weighted by atomic mass is 16.5. The van der Waals surface area contributed by atoms with Crippen LogP contribution in [-0.2, 0) is 9.53 Å². The van der Waals surface area contributed by atoms with E-state index in [4.69, 9.17) is 4.74 Å². The average Bonchev–Trinajstić information content (AvgIpc) is 2.36. The van der Waals surface area contributed by atoms with Crippen molar-refractivity contribution in [3.8, 4) is 0 Å².